The topological polar surface area (TPSA) is 67.1 Å². The van der Waals surface area contributed by atoms with E-state index in [0.29, 0.717) is 13.1 Å². The number of hydrogen-bond donors (Lipinski definition) is 2. The highest BCUT2D eigenvalue weighted by atomic mass is 32.1. The van der Waals surface area contributed by atoms with Crippen LogP contribution in [0, 0.1) is 6.92 Å². The molecule has 0 bridgehead atoms. The van der Waals surface area contributed by atoms with Crippen molar-refractivity contribution in [2.75, 3.05) is 7.05 Å². The van der Waals surface area contributed by atoms with Crippen LogP contribution < -0.4 is 10.6 Å². The Hall–Kier alpha value is -3.19. The second-order valence-corrected chi connectivity index (χ2v) is 8.14. The van der Waals surface area contributed by atoms with Gasteiger partial charge >= 0.3 is 0 Å². The van der Waals surface area contributed by atoms with Gasteiger partial charge in [0.05, 0.1) is 23.9 Å². The van der Waals surface area contributed by atoms with Crippen molar-refractivity contribution in [3.8, 4) is 0 Å². The summed E-state index contributed by atoms with van der Waals surface area (Å²) in [7, 11) is 1.78. The summed E-state index contributed by atoms with van der Waals surface area (Å²) >= 11 is 1.70. The Kier molecular flexibility index (Phi) is 5.86. The van der Waals surface area contributed by atoms with Crippen molar-refractivity contribution < 1.29 is 0 Å². The predicted molar refractivity (Wildman–Crippen MR) is 119 cm³/mol. The normalized spacial score (nSPS) is 11.7. The summed E-state index contributed by atoms with van der Waals surface area (Å²) in [6.07, 6.45) is 3.80. The van der Waals surface area contributed by atoms with E-state index in [-0.39, 0.29) is 0 Å². The lowest BCUT2D eigenvalue weighted by Crippen LogP contribution is -2.36. The molecule has 6 nitrogen and oxygen atoms in total. The number of benzene rings is 2. The van der Waals surface area contributed by atoms with Crippen LogP contribution in [0.25, 0.3) is 11.0 Å². The van der Waals surface area contributed by atoms with Crippen molar-refractivity contribution in [3.05, 3.63) is 82.1 Å². The summed E-state index contributed by atoms with van der Waals surface area (Å²) < 4.78 is 2.18. The van der Waals surface area contributed by atoms with E-state index in [9.17, 15) is 0 Å². The standard InChI is InChI=1S/C22H24N6S/c1-16-11-24-21(29-16)13-26-22(23-2)25-12-17-7-9-18(10-8-17)14-28-15-27-19-5-3-4-6-20(19)28/h3-11,15H,12-14H2,1-2H3,(H2,23,25,26). The Morgan fingerprint density at radius 2 is 1.76 bits per heavy atom. The maximum Gasteiger partial charge on any atom is 0.191 e. The average molecular weight is 405 g/mol. The van der Waals surface area contributed by atoms with Gasteiger partial charge in [-0.1, -0.05) is 36.4 Å². The van der Waals surface area contributed by atoms with E-state index in [0.717, 1.165) is 28.5 Å². The molecular formula is C22H24N6S. The van der Waals surface area contributed by atoms with Crippen LogP contribution in [0.3, 0.4) is 0 Å². The van der Waals surface area contributed by atoms with Gasteiger partial charge < -0.3 is 15.2 Å². The van der Waals surface area contributed by atoms with Crippen molar-refractivity contribution in [1.29, 1.82) is 0 Å². The van der Waals surface area contributed by atoms with Crippen molar-refractivity contribution in [2.45, 2.75) is 26.6 Å². The first-order valence-corrected chi connectivity index (χ1v) is 10.4. The Morgan fingerprint density at radius 3 is 2.52 bits per heavy atom. The molecule has 4 aromatic rings. The van der Waals surface area contributed by atoms with Crippen molar-refractivity contribution in [3.63, 3.8) is 0 Å². The summed E-state index contributed by atoms with van der Waals surface area (Å²) in [5.41, 5.74) is 4.64. The minimum absolute atomic E-state index is 0.677. The van der Waals surface area contributed by atoms with E-state index < -0.39 is 0 Å². The highest BCUT2D eigenvalue weighted by molar-refractivity contribution is 7.11. The first-order chi connectivity index (χ1) is 14.2. The van der Waals surface area contributed by atoms with Crippen molar-refractivity contribution in [1.82, 2.24) is 25.2 Å². The van der Waals surface area contributed by atoms with Gasteiger partial charge in [0, 0.05) is 31.2 Å². The predicted octanol–water partition coefficient (Wildman–Crippen LogP) is 3.71. The fraction of sp³-hybridized carbons (Fsp3) is 0.227. The van der Waals surface area contributed by atoms with Crippen LogP contribution in [0.5, 0.6) is 0 Å². The molecule has 0 aliphatic rings. The number of imidazole rings is 1. The Balaban J connectivity index is 1.31. The molecule has 0 saturated heterocycles. The third kappa shape index (κ3) is 4.81. The largest absolute Gasteiger partial charge is 0.352 e. The Labute approximate surface area is 174 Å². The average Bonchev–Trinajstić information content (AvgIpc) is 3.35. The minimum Gasteiger partial charge on any atom is -0.352 e. The number of thiazole rings is 1. The number of aromatic nitrogens is 3. The number of nitrogens with zero attached hydrogens (tertiary/aromatic N) is 4. The van der Waals surface area contributed by atoms with Gasteiger partial charge in [-0.15, -0.1) is 11.3 Å². The smallest absolute Gasteiger partial charge is 0.191 e. The van der Waals surface area contributed by atoms with Gasteiger partial charge in [-0.2, -0.15) is 0 Å². The summed E-state index contributed by atoms with van der Waals surface area (Å²) in [6, 6.07) is 16.8. The quantitative estimate of drug-likeness (QED) is 0.380. The molecule has 7 heteroatoms. The van der Waals surface area contributed by atoms with Crippen LogP contribution in [0.1, 0.15) is 21.0 Å². The van der Waals surface area contributed by atoms with Crippen LogP contribution in [0.15, 0.2) is 66.0 Å². The molecule has 148 valence electrons. The van der Waals surface area contributed by atoms with Gasteiger partial charge in [0.15, 0.2) is 5.96 Å². The number of rotatable bonds is 6. The monoisotopic (exact) mass is 404 g/mol. The zero-order valence-corrected chi connectivity index (χ0v) is 17.4. The lowest BCUT2D eigenvalue weighted by molar-refractivity contribution is 0.801. The number of nitrogens with one attached hydrogen (secondary N) is 2. The second kappa shape index (κ2) is 8.87. The zero-order chi connectivity index (χ0) is 20.1. The third-order valence-electron chi connectivity index (χ3n) is 4.66. The molecule has 2 aromatic carbocycles. The molecule has 0 aliphatic heterocycles. The van der Waals surface area contributed by atoms with E-state index in [1.165, 1.54) is 16.0 Å². The van der Waals surface area contributed by atoms with Gasteiger partial charge in [0.2, 0.25) is 0 Å². The molecule has 2 aromatic heterocycles. The lowest BCUT2D eigenvalue weighted by atomic mass is 10.1. The van der Waals surface area contributed by atoms with Gasteiger partial charge in [-0.05, 0) is 30.2 Å². The lowest BCUT2D eigenvalue weighted by Gasteiger charge is -2.11. The third-order valence-corrected chi connectivity index (χ3v) is 5.58. The summed E-state index contributed by atoms with van der Waals surface area (Å²) in [5, 5.41) is 7.71. The van der Waals surface area contributed by atoms with E-state index in [1.54, 1.807) is 18.4 Å². The fourth-order valence-corrected chi connectivity index (χ4v) is 3.87. The SMILES string of the molecule is CN=C(NCc1ccc(Cn2cnc3ccccc32)cc1)NCc1ncc(C)s1. The highest BCUT2D eigenvalue weighted by Gasteiger charge is 2.04. The molecule has 2 heterocycles. The van der Waals surface area contributed by atoms with Crippen LogP contribution in [0.4, 0.5) is 0 Å². The molecule has 0 unspecified atom stereocenters. The van der Waals surface area contributed by atoms with Crippen LogP contribution >= 0.6 is 11.3 Å². The van der Waals surface area contributed by atoms with E-state index >= 15 is 0 Å². The number of fused-ring (bicyclic) bond motifs is 1. The molecule has 0 aliphatic carbocycles. The molecular weight excluding hydrogens is 380 g/mol. The minimum atomic E-state index is 0.677. The molecule has 0 fully saturated rings. The molecule has 0 spiro atoms. The van der Waals surface area contributed by atoms with Gasteiger partial charge in [-0.3, -0.25) is 4.99 Å². The fourth-order valence-electron chi connectivity index (χ4n) is 3.14. The van der Waals surface area contributed by atoms with Crippen molar-refractivity contribution in [2.24, 2.45) is 4.99 Å². The number of para-hydroxylation sites is 2. The molecule has 0 atom stereocenters. The zero-order valence-electron chi connectivity index (χ0n) is 16.6. The van der Waals surface area contributed by atoms with Crippen LogP contribution in [-0.4, -0.2) is 27.5 Å². The van der Waals surface area contributed by atoms with Crippen molar-refractivity contribution >= 4 is 28.3 Å². The maximum atomic E-state index is 4.46. The maximum absolute atomic E-state index is 4.46. The van der Waals surface area contributed by atoms with Crippen LogP contribution in [-0.2, 0) is 19.6 Å². The summed E-state index contributed by atoms with van der Waals surface area (Å²) in [6.45, 7) is 4.26. The van der Waals surface area contributed by atoms with Gasteiger partial charge in [-0.25, -0.2) is 9.97 Å². The van der Waals surface area contributed by atoms with Crippen LogP contribution in [0.2, 0.25) is 0 Å². The van der Waals surface area contributed by atoms with E-state index in [1.807, 2.05) is 30.7 Å². The molecule has 0 saturated carbocycles. The summed E-state index contributed by atoms with van der Waals surface area (Å²) in [4.78, 5) is 14.3. The molecule has 29 heavy (non-hydrogen) atoms. The number of aliphatic imine (C=N–C) groups is 1. The molecule has 4 rings (SSSR count). The number of hydrogen-bond acceptors (Lipinski definition) is 4. The second-order valence-electron chi connectivity index (χ2n) is 6.82. The van der Waals surface area contributed by atoms with Gasteiger partial charge in [0.25, 0.3) is 0 Å². The summed E-state index contributed by atoms with van der Waals surface area (Å²) in [5.74, 6) is 0.770. The highest BCUT2D eigenvalue weighted by Crippen LogP contribution is 2.14. The van der Waals surface area contributed by atoms with Gasteiger partial charge in [0.1, 0.15) is 5.01 Å². The van der Waals surface area contributed by atoms with E-state index in [4.69, 9.17) is 0 Å². The molecule has 2 N–H and O–H groups in total. The number of guanidine groups is 1. The molecule has 0 amide bonds. The number of aryl methyl sites for hydroxylation is 1. The molecule has 0 radical (unpaired) electrons. The first kappa shape index (κ1) is 19.1. The van der Waals surface area contributed by atoms with E-state index in [2.05, 4.69) is 67.4 Å². The Morgan fingerprint density at radius 1 is 1.00 bits per heavy atom. The first-order valence-electron chi connectivity index (χ1n) is 9.55. The Bertz CT molecular complexity index is 1110.